The number of hydrogen-bond acceptors (Lipinski definition) is 2. The van der Waals surface area contributed by atoms with Crippen LogP contribution in [0, 0.1) is 0 Å². The van der Waals surface area contributed by atoms with Crippen molar-refractivity contribution in [3.05, 3.63) is 220 Å². The van der Waals surface area contributed by atoms with Gasteiger partial charge in [0.15, 0.2) is 0 Å². The lowest BCUT2D eigenvalue weighted by Crippen LogP contribution is -2.61. The molecular weight excluding hydrogens is 1140 g/mol. The van der Waals surface area contributed by atoms with Gasteiger partial charge in [0, 0.05) is 33.9 Å². The highest BCUT2D eigenvalue weighted by molar-refractivity contribution is 7.00. The van der Waals surface area contributed by atoms with E-state index in [2.05, 4.69) is 346 Å². The standard InChI is InChI=1S/C92H111BN2/c1-85(2,3)66-36-30-59(31-37-66)74-56-68(87(7,8)9)40-44-78(74)94-80-42-34-61(63-46-70(89(13,14)15)54-71(47-63)90(16,17)18)50-76(80)93-77-51-62(64-48-72(91(19,20)21)55-73(49-64)92(22,23)24)35-43-81(77)95(83-53-65(52-82(94)84(83)93)58-28-26-25-27-29-58)79-45-41-69(88(10,11)12)57-75(79)60-32-38-67(39-33-60)86(4,5)6/h30-58H,25-29H2,1-24H3. The van der Waals surface area contributed by atoms with Gasteiger partial charge in [0.1, 0.15) is 0 Å². The number of hydrogen-bond donors (Lipinski definition) is 0. The zero-order chi connectivity index (χ0) is 68.7. The number of nitrogens with zero attached hydrogens (tertiary/aromatic N) is 2. The number of fused-ring (bicyclic) bond motifs is 4. The Morgan fingerprint density at radius 1 is 0.253 bits per heavy atom. The topological polar surface area (TPSA) is 6.48 Å². The molecule has 492 valence electrons. The third kappa shape index (κ3) is 13.2. The van der Waals surface area contributed by atoms with Crippen LogP contribution in [-0.4, -0.2) is 6.71 Å². The third-order valence-corrected chi connectivity index (χ3v) is 21.5. The first-order chi connectivity index (χ1) is 44.1. The van der Waals surface area contributed by atoms with Crippen LogP contribution in [0.25, 0.3) is 44.5 Å². The first-order valence-corrected chi connectivity index (χ1v) is 36.0. The van der Waals surface area contributed by atoms with Gasteiger partial charge in [-0.2, -0.15) is 0 Å². The molecule has 12 rings (SSSR count). The maximum atomic E-state index is 2.75. The maximum Gasteiger partial charge on any atom is 0.252 e. The van der Waals surface area contributed by atoms with E-state index in [1.807, 2.05) is 0 Å². The maximum absolute atomic E-state index is 2.75. The molecular formula is C92H111BN2. The molecule has 9 aromatic rings. The van der Waals surface area contributed by atoms with Crippen molar-refractivity contribution in [2.45, 2.75) is 248 Å². The number of benzene rings is 9. The molecule has 3 aliphatic rings. The van der Waals surface area contributed by atoms with E-state index in [0.717, 1.165) is 0 Å². The van der Waals surface area contributed by atoms with Crippen LogP contribution >= 0.6 is 0 Å². The van der Waals surface area contributed by atoms with Gasteiger partial charge >= 0.3 is 0 Å². The molecule has 2 heterocycles. The lowest BCUT2D eigenvalue weighted by atomic mass is 9.33. The molecule has 2 nitrogen and oxygen atoms in total. The highest BCUT2D eigenvalue weighted by atomic mass is 15.2. The molecule has 2 aliphatic heterocycles. The van der Waals surface area contributed by atoms with Crippen molar-refractivity contribution in [1.82, 2.24) is 0 Å². The Kier molecular flexibility index (Phi) is 16.9. The van der Waals surface area contributed by atoms with Crippen molar-refractivity contribution in [2.24, 2.45) is 0 Å². The van der Waals surface area contributed by atoms with Crippen LogP contribution in [0.5, 0.6) is 0 Å². The van der Waals surface area contributed by atoms with E-state index in [4.69, 9.17) is 0 Å². The van der Waals surface area contributed by atoms with E-state index in [-0.39, 0.29) is 50.0 Å². The Labute approximate surface area is 575 Å². The monoisotopic (exact) mass is 1250 g/mol. The van der Waals surface area contributed by atoms with Crippen molar-refractivity contribution in [1.29, 1.82) is 0 Å². The second kappa shape index (κ2) is 23.7. The molecule has 0 amide bonds. The molecule has 1 aliphatic carbocycles. The quantitative estimate of drug-likeness (QED) is 0.147. The predicted octanol–water partition coefficient (Wildman–Crippen LogP) is 24.9. The van der Waals surface area contributed by atoms with Crippen LogP contribution in [0.15, 0.2) is 170 Å². The smallest absolute Gasteiger partial charge is 0.252 e. The van der Waals surface area contributed by atoms with E-state index in [0.29, 0.717) is 5.92 Å². The minimum atomic E-state index is -0.134. The zero-order valence-corrected chi connectivity index (χ0v) is 62.8. The zero-order valence-electron chi connectivity index (χ0n) is 62.8. The summed E-state index contributed by atoms with van der Waals surface area (Å²) in [6.45, 7) is 56.5. The minimum Gasteiger partial charge on any atom is -0.311 e. The fourth-order valence-corrected chi connectivity index (χ4v) is 15.1. The molecule has 0 bridgehead atoms. The van der Waals surface area contributed by atoms with E-state index in [9.17, 15) is 0 Å². The lowest BCUT2D eigenvalue weighted by molar-refractivity contribution is 0.444. The van der Waals surface area contributed by atoms with Crippen molar-refractivity contribution in [3.63, 3.8) is 0 Å². The van der Waals surface area contributed by atoms with E-state index in [1.165, 1.54) is 177 Å². The van der Waals surface area contributed by atoms with Crippen LogP contribution < -0.4 is 26.2 Å². The molecule has 1 saturated carbocycles. The number of rotatable bonds is 7. The van der Waals surface area contributed by atoms with Gasteiger partial charge in [0.25, 0.3) is 6.71 Å². The van der Waals surface area contributed by atoms with E-state index >= 15 is 0 Å². The van der Waals surface area contributed by atoms with E-state index < -0.39 is 0 Å². The first-order valence-electron chi connectivity index (χ1n) is 36.0. The van der Waals surface area contributed by atoms with Gasteiger partial charge in [-0.3, -0.25) is 0 Å². The summed E-state index contributed by atoms with van der Waals surface area (Å²) in [6, 6.07) is 69.6. The molecule has 0 atom stereocenters. The summed E-state index contributed by atoms with van der Waals surface area (Å²) in [5.41, 5.74) is 33.3. The Hall–Kier alpha value is -7.36. The molecule has 0 unspecified atom stereocenters. The largest absolute Gasteiger partial charge is 0.311 e. The Balaban J connectivity index is 1.26. The SMILES string of the molecule is CC(C)(C)c1ccc(-c2cc(C(C)(C)C)ccc2N2c3ccc(-c4cc(C(C)(C)C)cc(C(C)(C)C)c4)cc3B3c4cc(-c5cc(C(C)(C)C)cc(C(C)(C)C)c5)ccc4N(c4ccc(C(C)(C)C)cc4-c4ccc(C(C)(C)C)cc4)c4cc(C5CCCCC5)cc2c43)cc1. The molecule has 0 aromatic heterocycles. The average Bonchev–Trinajstić information content (AvgIpc) is 0.691. The van der Waals surface area contributed by atoms with Crippen LogP contribution in [-0.2, 0) is 43.3 Å². The van der Waals surface area contributed by atoms with Crippen LogP contribution in [0.2, 0.25) is 0 Å². The fraction of sp³-hybridized carbons (Fsp3) is 0.413. The van der Waals surface area contributed by atoms with Crippen LogP contribution in [0.3, 0.4) is 0 Å². The van der Waals surface area contributed by atoms with E-state index in [1.54, 1.807) is 0 Å². The summed E-state index contributed by atoms with van der Waals surface area (Å²) >= 11 is 0. The van der Waals surface area contributed by atoms with Gasteiger partial charge in [0.2, 0.25) is 0 Å². The first kappa shape index (κ1) is 67.6. The predicted molar refractivity (Wildman–Crippen MR) is 418 cm³/mol. The molecule has 0 saturated heterocycles. The molecule has 0 N–H and O–H groups in total. The van der Waals surface area contributed by atoms with Crippen molar-refractivity contribution >= 4 is 57.2 Å². The van der Waals surface area contributed by atoms with Crippen LogP contribution in [0.1, 0.15) is 254 Å². The molecule has 3 heteroatoms. The summed E-state index contributed by atoms with van der Waals surface area (Å²) in [5.74, 6) is 0.430. The fourth-order valence-electron chi connectivity index (χ4n) is 15.1. The summed E-state index contributed by atoms with van der Waals surface area (Å²) in [4.78, 5) is 5.49. The van der Waals surface area contributed by atoms with Crippen molar-refractivity contribution < 1.29 is 0 Å². The summed E-state index contributed by atoms with van der Waals surface area (Å²) in [7, 11) is 0. The molecule has 9 aromatic carbocycles. The van der Waals surface area contributed by atoms with Gasteiger partial charge < -0.3 is 9.80 Å². The van der Waals surface area contributed by atoms with Gasteiger partial charge in [0.05, 0.1) is 11.4 Å². The third-order valence-electron chi connectivity index (χ3n) is 21.5. The second-order valence-electron chi connectivity index (χ2n) is 37.2. The Bertz CT molecular complexity index is 4050. The van der Waals surface area contributed by atoms with Gasteiger partial charge in [-0.05, 0) is 210 Å². The summed E-state index contributed by atoms with van der Waals surface area (Å²) in [5, 5.41) is 0. The van der Waals surface area contributed by atoms with Gasteiger partial charge in [-0.15, -0.1) is 0 Å². The highest BCUT2D eigenvalue weighted by Gasteiger charge is 2.46. The average molecular weight is 1260 g/mol. The summed E-state index contributed by atoms with van der Waals surface area (Å²) in [6.07, 6.45) is 6.16. The van der Waals surface area contributed by atoms with Crippen molar-refractivity contribution in [3.8, 4) is 44.5 Å². The molecule has 0 spiro atoms. The van der Waals surface area contributed by atoms with Gasteiger partial charge in [-0.25, -0.2) is 0 Å². The molecule has 95 heavy (non-hydrogen) atoms. The number of anilines is 6. The van der Waals surface area contributed by atoms with Crippen molar-refractivity contribution in [2.75, 3.05) is 9.80 Å². The van der Waals surface area contributed by atoms with Crippen LogP contribution in [0.4, 0.5) is 34.1 Å². The highest BCUT2D eigenvalue weighted by Crippen LogP contribution is 2.53. The second-order valence-corrected chi connectivity index (χ2v) is 37.2. The summed E-state index contributed by atoms with van der Waals surface area (Å²) < 4.78 is 0. The van der Waals surface area contributed by atoms with Gasteiger partial charge in [-0.1, -0.05) is 307 Å². The Morgan fingerprint density at radius 3 is 0.863 bits per heavy atom. The Morgan fingerprint density at radius 2 is 0.547 bits per heavy atom. The minimum absolute atomic E-state index is 0.0148. The lowest BCUT2D eigenvalue weighted by Gasteiger charge is -2.46. The molecule has 0 radical (unpaired) electrons. The normalized spacial score (nSPS) is 15.1. The molecule has 1 fully saturated rings.